The minimum absolute atomic E-state index is 0.0109. The second-order valence-electron chi connectivity index (χ2n) is 5.37. The lowest BCUT2D eigenvalue weighted by Crippen LogP contribution is -2.56. The van der Waals surface area contributed by atoms with Gasteiger partial charge in [-0.2, -0.15) is 0 Å². The van der Waals surface area contributed by atoms with Gasteiger partial charge in [0.25, 0.3) is 0 Å². The number of carboxylic acids is 1. The van der Waals surface area contributed by atoms with Crippen molar-refractivity contribution in [2.45, 2.75) is 31.3 Å². The van der Waals surface area contributed by atoms with E-state index < -0.39 is 17.1 Å². The van der Waals surface area contributed by atoms with Crippen LogP contribution in [0.3, 0.4) is 0 Å². The topological polar surface area (TPSA) is 99.8 Å². The van der Waals surface area contributed by atoms with Crippen LogP contribution >= 0.6 is 0 Å². The van der Waals surface area contributed by atoms with Crippen LogP contribution in [0.4, 0.5) is 0 Å². The predicted molar refractivity (Wildman–Crippen MR) is 75.2 cm³/mol. The third kappa shape index (κ3) is 2.38. The number of carbonyl (C=O) groups is 1. The molecule has 3 N–H and O–H groups in total. The standard InChI is InChI=1S/C15H15NO5/c17-10-2-3-11-9(6-13(18)21-12(11)7-10)8-16-15(14(19)20)4-1-5-15/h2-3,6-7,16-17H,1,4-5,8H2,(H,19,20). The fourth-order valence-electron chi connectivity index (χ4n) is 2.63. The van der Waals surface area contributed by atoms with Crippen molar-refractivity contribution in [1.82, 2.24) is 5.32 Å². The number of fused-ring (bicyclic) bond motifs is 1. The molecule has 110 valence electrons. The van der Waals surface area contributed by atoms with Gasteiger partial charge in [0.05, 0.1) is 0 Å². The molecule has 1 saturated carbocycles. The summed E-state index contributed by atoms with van der Waals surface area (Å²) in [5, 5.41) is 22.4. The normalized spacial score (nSPS) is 16.6. The van der Waals surface area contributed by atoms with Crippen LogP contribution in [0, 0.1) is 0 Å². The van der Waals surface area contributed by atoms with E-state index in [9.17, 15) is 19.8 Å². The van der Waals surface area contributed by atoms with E-state index >= 15 is 0 Å². The van der Waals surface area contributed by atoms with Gasteiger partial charge in [-0.05, 0) is 37.0 Å². The lowest BCUT2D eigenvalue weighted by molar-refractivity contribution is -0.148. The number of hydrogen-bond donors (Lipinski definition) is 3. The number of rotatable bonds is 4. The second kappa shape index (κ2) is 4.89. The molecule has 0 radical (unpaired) electrons. The van der Waals surface area contributed by atoms with Gasteiger partial charge < -0.3 is 14.6 Å². The molecule has 1 aromatic heterocycles. The van der Waals surface area contributed by atoms with Crippen molar-refractivity contribution in [2.24, 2.45) is 0 Å². The molecule has 0 saturated heterocycles. The van der Waals surface area contributed by atoms with Crippen LogP contribution in [-0.2, 0) is 11.3 Å². The molecule has 1 aromatic carbocycles. The molecule has 0 unspecified atom stereocenters. The molecule has 0 bridgehead atoms. The van der Waals surface area contributed by atoms with Crippen LogP contribution < -0.4 is 10.9 Å². The zero-order chi connectivity index (χ0) is 15.0. The van der Waals surface area contributed by atoms with E-state index in [1.54, 1.807) is 6.07 Å². The summed E-state index contributed by atoms with van der Waals surface area (Å²) < 4.78 is 5.04. The molecular weight excluding hydrogens is 274 g/mol. The summed E-state index contributed by atoms with van der Waals surface area (Å²) in [6, 6.07) is 5.87. The molecule has 6 nitrogen and oxygen atoms in total. The minimum atomic E-state index is -0.890. The summed E-state index contributed by atoms with van der Waals surface area (Å²) in [5.41, 5.74) is -0.465. The molecule has 0 aliphatic heterocycles. The van der Waals surface area contributed by atoms with Crippen molar-refractivity contribution >= 4 is 16.9 Å². The highest BCUT2D eigenvalue weighted by molar-refractivity contribution is 5.82. The lowest BCUT2D eigenvalue weighted by Gasteiger charge is -2.38. The Labute approximate surface area is 120 Å². The van der Waals surface area contributed by atoms with Crippen LogP contribution in [0.2, 0.25) is 0 Å². The first-order valence-electron chi connectivity index (χ1n) is 6.74. The third-order valence-corrected chi connectivity index (χ3v) is 4.05. The van der Waals surface area contributed by atoms with Crippen LogP contribution in [0.15, 0.2) is 33.5 Å². The van der Waals surface area contributed by atoms with Gasteiger partial charge in [-0.25, -0.2) is 4.79 Å². The van der Waals surface area contributed by atoms with Crippen molar-refractivity contribution < 1.29 is 19.4 Å². The fraction of sp³-hybridized carbons (Fsp3) is 0.333. The highest BCUT2D eigenvalue weighted by Gasteiger charge is 2.43. The number of carboxylic acid groups (broad SMARTS) is 1. The zero-order valence-corrected chi connectivity index (χ0v) is 11.3. The first-order chi connectivity index (χ1) is 10.00. The van der Waals surface area contributed by atoms with Gasteiger partial charge >= 0.3 is 11.6 Å². The summed E-state index contributed by atoms with van der Waals surface area (Å²) in [4.78, 5) is 22.9. The number of aliphatic carboxylic acids is 1. The van der Waals surface area contributed by atoms with Crippen molar-refractivity contribution in [2.75, 3.05) is 0 Å². The largest absolute Gasteiger partial charge is 0.508 e. The Morgan fingerprint density at radius 1 is 1.33 bits per heavy atom. The van der Waals surface area contributed by atoms with Gasteiger partial charge in [-0.1, -0.05) is 0 Å². The van der Waals surface area contributed by atoms with Gasteiger partial charge in [0.2, 0.25) is 0 Å². The Bertz CT molecular complexity index is 760. The zero-order valence-electron chi connectivity index (χ0n) is 11.3. The number of nitrogens with one attached hydrogen (secondary N) is 1. The van der Waals surface area contributed by atoms with Gasteiger partial charge in [0, 0.05) is 24.1 Å². The molecule has 2 aromatic rings. The molecule has 6 heteroatoms. The molecule has 0 amide bonds. The first-order valence-corrected chi connectivity index (χ1v) is 6.74. The first kappa shape index (κ1) is 13.6. The highest BCUT2D eigenvalue weighted by atomic mass is 16.4. The average Bonchev–Trinajstić information content (AvgIpc) is 2.35. The van der Waals surface area contributed by atoms with E-state index in [2.05, 4.69) is 5.32 Å². The number of benzene rings is 1. The maximum Gasteiger partial charge on any atom is 0.336 e. The van der Waals surface area contributed by atoms with Gasteiger partial charge in [0.15, 0.2) is 0 Å². The Balaban J connectivity index is 1.93. The maximum absolute atomic E-state index is 11.6. The molecule has 0 spiro atoms. The van der Waals surface area contributed by atoms with E-state index in [0.29, 0.717) is 23.8 Å². The van der Waals surface area contributed by atoms with Crippen molar-refractivity contribution in [1.29, 1.82) is 0 Å². The summed E-state index contributed by atoms with van der Waals surface area (Å²) in [5.74, 6) is -0.851. The van der Waals surface area contributed by atoms with Gasteiger partial charge in [0.1, 0.15) is 16.9 Å². The summed E-state index contributed by atoms with van der Waals surface area (Å²) in [6.45, 7) is 0.263. The summed E-state index contributed by atoms with van der Waals surface area (Å²) in [7, 11) is 0. The van der Waals surface area contributed by atoms with Crippen molar-refractivity contribution in [3.63, 3.8) is 0 Å². The number of phenols is 1. The average molecular weight is 289 g/mol. The van der Waals surface area contributed by atoms with E-state index in [1.165, 1.54) is 18.2 Å². The van der Waals surface area contributed by atoms with Crippen LogP contribution in [0.25, 0.3) is 11.0 Å². The number of aromatic hydroxyl groups is 1. The van der Waals surface area contributed by atoms with Gasteiger partial charge in [-0.15, -0.1) is 0 Å². The third-order valence-electron chi connectivity index (χ3n) is 4.05. The summed E-state index contributed by atoms with van der Waals surface area (Å²) in [6.07, 6.45) is 2.05. The smallest absolute Gasteiger partial charge is 0.336 e. The Morgan fingerprint density at radius 2 is 2.10 bits per heavy atom. The fourth-order valence-corrected chi connectivity index (χ4v) is 2.63. The van der Waals surface area contributed by atoms with Crippen molar-refractivity contribution in [3.05, 3.63) is 40.2 Å². The molecule has 3 rings (SSSR count). The van der Waals surface area contributed by atoms with Crippen LogP contribution in [0.5, 0.6) is 5.75 Å². The Kier molecular flexibility index (Phi) is 3.17. The van der Waals surface area contributed by atoms with E-state index in [-0.39, 0.29) is 17.9 Å². The molecule has 1 aliphatic rings. The molecule has 21 heavy (non-hydrogen) atoms. The van der Waals surface area contributed by atoms with Gasteiger partial charge in [-0.3, -0.25) is 10.1 Å². The molecule has 1 aliphatic carbocycles. The Hall–Kier alpha value is -2.34. The number of phenolic OH excluding ortho intramolecular Hbond substituents is 1. The SMILES string of the molecule is O=C(O)C1(NCc2cc(=O)oc3cc(O)ccc23)CCC1. The van der Waals surface area contributed by atoms with Crippen LogP contribution in [-0.4, -0.2) is 21.7 Å². The number of hydrogen-bond acceptors (Lipinski definition) is 5. The molecule has 1 heterocycles. The molecule has 0 atom stereocenters. The monoisotopic (exact) mass is 289 g/mol. The van der Waals surface area contributed by atoms with Crippen LogP contribution in [0.1, 0.15) is 24.8 Å². The highest BCUT2D eigenvalue weighted by Crippen LogP contribution is 2.32. The summed E-state index contributed by atoms with van der Waals surface area (Å²) >= 11 is 0. The molecule has 1 fully saturated rings. The maximum atomic E-state index is 11.6. The quantitative estimate of drug-likeness (QED) is 0.739. The van der Waals surface area contributed by atoms with E-state index in [4.69, 9.17) is 4.42 Å². The second-order valence-corrected chi connectivity index (χ2v) is 5.37. The molecular formula is C15H15NO5. The van der Waals surface area contributed by atoms with E-state index in [1.807, 2.05) is 0 Å². The lowest BCUT2D eigenvalue weighted by atomic mass is 9.76. The Morgan fingerprint density at radius 3 is 2.71 bits per heavy atom. The van der Waals surface area contributed by atoms with E-state index in [0.717, 1.165) is 6.42 Å². The van der Waals surface area contributed by atoms with Crippen molar-refractivity contribution in [3.8, 4) is 5.75 Å². The minimum Gasteiger partial charge on any atom is -0.508 e. The predicted octanol–water partition coefficient (Wildman–Crippen LogP) is 1.60.